The molecular weight excluding hydrogens is 468 g/mol. The fourth-order valence-electron chi connectivity index (χ4n) is 3.11. The fourth-order valence-corrected chi connectivity index (χ4v) is 3.64. The number of carbonyl (C=O) groups excluding carboxylic acids is 1. The average molecular weight is 488 g/mol. The Balaban J connectivity index is 1.81. The van der Waals surface area contributed by atoms with Crippen molar-refractivity contribution in [1.29, 1.82) is 0 Å². The van der Waals surface area contributed by atoms with Gasteiger partial charge in [-0.15, -0.1) is 0 Å². The molecule has 0 aliphatic carbocycles. The monoisotopic (exact) mass is 486 g/mol. The molecule has 27 heavy (non-hydrogen) atoms. The van der Waals surface area contributed by atoms with E-state index >= 15 is 0 Å². The van der Waals surface area contributed by atoms with Crippen molar-refractivity contribution in [3.8, 4) is 5.75 Å². The molecule has 0 saturated carbocycles. The molecule has 0 saturated heterocycles. The summed E-state index contributed by atoms with van der Waals surface area (Å²) < 4.78 is 7.30. The second-order valence-corrected chi connectivity index (χ2v) is 8.18. The van der Waals surface area contributed by atoms with Crippen LogP contribution in [0.4, 0.5) is 0 Å². The van der Waals surface area contributed by atoms with E-state index in [0.717, 1.165) is 26.7 Å². The Hall–Kier alpha value is -1.91. The molecule has 1 atom stereocenters. The number of rotatable bonds is 7. The predicted molar refractivity (Wildman–Crippen MR) is 117 cm³/mol. The fraction of sp³-hybridized carbons (Fsp3) is 0.174. The number of ether oxygens (including phenoxy) is 1. The van der Waals surface area contributed by atoms with E-state index in [2.05, 4.69) is 56.1 Å². The Morgan fingerprint density at radius 3 is 1.81 bits per heavy atom. The van der Waals surface area contributed by atoms with Gasteiger partial charge in [-0.1, -0.05) is 68.3 Å². The van der Waals surface area contributed by atoms with Crippen LogP contribution in [0.3, 0.4) is 0 Å². The number of ketones is 1. The van der Waals surface area contributed by atoms with Crippen molar-refractivity contribution in [1.82, 2.24) is 0 Å². The molecule has 0 heterocycles. The van der Waals surface area contributed by atoms with E-state index in [1.165, 1.54) is 11.1 Å². The number of hydrogen-bond acceptors (Lipinski definition) is 2. The lowest BCUT2D eigenvalue weighted by Crippen LogP contribution is -2.06. The van der Waals surface area contributed by atoms with Crippen LogP contribution in [-0.4, -0.2) is 12.9 Å². The maximum absolute atomic E-state index is 12.6. The first-order valence-corrected chi connectivity index (χ1v) is 10.3. The van der Waals surface area contributed by atoms with Crippen molar-refractivity contribution in [2.45, 2.75) is 18.8 Å². The molecule has 2 nitrogen and oxygen atoms in total. The second-order valence-electron chi connectivity index (χ2n) is 6.35. The number of Topliss-reactive ketones (excluding diaryl/α,β-unsaturated/α-hetero) is 1. The molecule has 0 aromatic heterocycles. The molecule has 0 bridgehead atoms. The van der Waals surface area contributed by atoms with Gasteiger partial charge in [-0.3, -0.25) is 4.79 Å². The molecule has 3 rings (SSSR count). The van der Waals surface area contributed by atoms with Gasteiger partial charge in [-0.2, -0.15) is 0 Å². The van der Waals surface area contributed by atoms with E-state index in [1.54, 1.807) is 7.11 Å². The molecule has 0 fully saturated rings. The maximum atomic E-state index is 12.6. The van der Waals surface area contributed by atoms with Crippen LogP contribution in [0.2, 0.25) is 0 Å². The third kappa shape index (κ3) is 5.30. The first-order chi connectivity index (χ1) is 13.1. The zero-order valence-electron chi connectivity index (χ0n) is 15.0. The van der Waals surface area contributed by atoms with E-state index in [9.17, 15) is 4.79 Å². The van der Waals surface area contributed by atoms with Gasteiger partial charge in [0.05, 0.1) is 7.11 Å². The highest BCUT2D eigenvalue weighted by molar-refractivity contribution is 9.10. The first-order valence-electron chi connectivity index (χ1n) is 8.75. The van der Waals surface area contributed by atoms with E-state index in [0.29, 0.717) is 6.42 Å². The number of methoxy groups -OCH3 is 1. The molecule has 0 N–H and O–H groups in total. The maximum Gasteiger partial charge on any atom is 0.162 e. The molecule has 4 heteroatoms. The normalized spacial score (nSPS) is 11.8. The molecule has 1 unspecified atom stereocenters. The third-order valence-electron chi connectivity index (χ3n) is 4.62. The predicted octanol–water partition coefficient (Wildman–Crippen LogP) is 7.02. The van der Waals surface area contributed by atoms with Crippen LogP contribution >= 0.6 is 31.9 Å². The average Bonchev–Trinajstić information content (AvgIpc) is 2.70. The van der Waals surface area contributed by atoms with Gasteiger partial charge in [0.25, 0.3) is 0 Å². The van der Waals surface area contributed by atoms with Crippen LogP contribution in [0, 0.1) is 0 Å². The van der Waals surface area contributed by atoms with Crippen LogP contribution in [0.1, 0.15) is 40.2 Å². The van der Waals surface area contributed by atoms with E-state index < -0.39 is 0 Å². The lowest BCUT2D eigenvalue weighted by Gasteiger charge is -2.18. The molecule has 0 radical (unpaired) electrons. The molecule has 0 spiro atoms. The standard InChI is InChI=1S/C23H20Br2O2/c1-27-21-12-6-17(7-13-21)22(16-2-8-19(24)9-3-16)14-15-23(26)18-4-10-20(25)11-5-18/h2-13,22H,14-15H2,1H3. The highest BCUT2D eigenvalue weighted by atomic mass is 79.9. The molecule has 0 aliphatic heterocycles. The Kier molecular flexibility index (Phi) is 6.86. The van der Waals surface area contributed by atoms with Crippen molar-refractivity contribution in [2.75, 3.05) is 7.11 Å². The number of benzene rings is 3. The van der Waals surface area contributed by atoms with Crippen LogP contribution < -0.4 is 4.74 Å². The molecule has 138 valence electrons. The van der Waals surface area contributed by atoms with E-state index in [-0.39, 0.29) is 11.7 Å². The zero-order valence-corrected chi connectivity index (χ0v) is 18.2. The SMILES string of the molecule is COc1ccc(C(CCC(=O)c2ccc(Br)cc2)c2ccc(Br)cc2)cc1. The van der Waals surface area contributed by atoms with Crippen molar-refractivity contribution >= 4 is 37.6 Å². The summed E-state index contributed by atoms with van der Waals surface area (Å²) in [4.78, 5) is 12.6. The molecule has 3 aromatic carbocycles. The molecular formula is C23H20Br2O2. The molecule has 3 aromatic rings. The minimum absolute atomic E-state index is 0.156. The minimum atomic E-state index is 0.156. The van der Waals surface area contributed by atoms with Gasteiger partial charge in [0.2, 0.25) is 0 Å². The largest absolute Gasteiger partial charge is 0.497 e. The highest BCUT2D eigenvalue weighted by Gasteiger charge is 2.17. The van der Waals surface area contributed by atoms with Crippen LogP contribution in [0.15, 0.2) is 81.7 Å². The number of halogens is 2. The Bertz CT molecular complexity index is 885. The summed E-state index contributed by atoms with van der Waals surface area (Å²) in [6.07, 6.45) is 1.25. The molecule has 0 aliphatic rings. The van der Waals surface area contributed by atoms with Crippen molar-refractivity contribution in [2.24, 2.45) is 0 Å². The minimum Gasteiger partial charge on any atom is -0.497 e. The first kappa shape index (κ1) is 19.8. The summed E-state index contributed by atoms with van der Waals surface area (Å²) in [6, 6.07) is 24.0. The summed E-state index contributed by atoms with van der Waals surface area (Å²) in [6.45, 7) is 0. The van der Waals surface area contributed by atoms with Gasteiger partial charge in [0.15, 0.2) is 5.78 Å². The van der Waals surface area contributed by atoms with Crippen LogP contribution in [0.25, 0.3) is 0 Å². The lowest BCUT2D eigenvalue weighted by atomic mass is 9.86. The van der Waals surface area contributed by atoms with Gasteiger partial charge in [-0.05, 0) is 53.9 Å². The van der Waals surface area contributed by atoms with Gasteiger partial charge in [0, 0.05) is 26.8 Å². The summed E-state index contributed by atoms with van der Waals surface area (Å²) in [5, 5.41) is 0. The Morgan fingerprint density at radius 2 is 1.30 bits per heavy atom. The highest BCUT2D eigenvalue weighted by Crippen LogP contribution is 2.32. The topological polar surface area (TPSA) is 26.3 Å². The zero-order chi connectivity index (χ0) is 19.2. The summed E-state index contributed by atoms with van der Waals surface area (Å²) in [5.41, 5.74) is 3.14. The van der Waals surface area contributed by atoms with E-state index in [1.807, 2.05) is 48.5 Å². The van der Waals surface area contributed by atoms with Crippen LogP contribution in [0.5, 0.6) is 5.75 Å². The lowest BCUT2D eigenvalue weighted by molar-refractivity contribution is 0.0978. The smallest absolute Gasteiger partial charge is 0.162 e. The Labute approximate surface area is 176 Å². The molecule has 0 amide bonds. The number of hydrogen-bond donors (Lipinski definition) is 0. The van der Waals surface area contributed by atoms with Crippen molar-refractivity contribution in [3.63, 3.8) is 0 Å². The third-order valence-corrected chi connectivity index (χ3v) is 5.67. The van der Waals surface area contributed by atoms with Crippen molar-refractivity contribution in [3.05, 3.63) is 98.4 Å². The van der Waals surface area contributed by atoms with Gasteiger partial charge >= 0.3 is 0 Å². The number of carbonyl (C=O) groups is 1. The summed E-state index contributed by atoms with van der Waals surface area (Å²) in [5.74, 6) is 1.15. The van der Waals surface area contributed by atoms with Crippen LogP contribution in [-0.2, 0) is 0 Å². The van der Waals surface area contributed by atoms with Gasteiger partial charge < -0.3 is 4.74 Å². The Morgan fingerprint density at radius 1 is 0.815 bits per heavy atom. The van der Waals surface area contributed by atoms with Crippen molar-refractivity contribution < 1.29 is 9.53 Å². The summed E-state index contributed by atoms with van der Waals surface area (Å²) >= 11 is 6.90. The summed E-state index contributed by atoms with van der Waals surface area (Å²) in [7, 11) is 1.66. The van der Waals surface area contributed by atoms with Gasteiger partial charge in [0.1, 0.15) is 5.75 Å². The van der Waals surface area contributed by atoms with Gasteiger partial charge in [-0.25, -0.2) is 0 Å². The second kappa shape index (κ2) is 9.34. The van der Waals surface area contributed by atoms with E-state index in [4.69, 9.17) is 4.74 Å². The quantitative estimate of drug-likeness (QED) is 0.335.